The Hall–Kier alpha value is -3.11. The minimum absolute atomic E-state index is 0.150. The van der Waals surface area contributed by atoms with Crippen molar-refractivity contribution in [1.29, 1.82) is 0 Å². The quantitative estimate of drug-likeness (QED) is 0.358. The fraction of sp³-hybridized carbons (Fsp3) is 0.269. The van der Waals surface area contributed by atoms with Crippen LogP contribution in [0, 0.1) is 0 Å². The van der Waals surface area contributed by atoms with Gasteiger partial charge in [-0.3, -0.25) is 0 Å². The first-order chi connectivity index (χ1) is 14.4. The molecule has 0 fully saturated rings. The van der Waals surface area contributed by atoms with Gasteiger partial charge >= 0.3 is 5.97 Å². The van der Waals surface area contributed by atoms with Crippen LogP contribution in [-0.4, -0.2) is 31.9 Å². The Morgan fingerprint density at radius 1 is 0.700 bits per heavy atom. The number of hydrogen-bond acceptors (Lipinski definition) is 4. The van der Waals surface area contributed by atoms with E-state index in [-0.39, 0.29) is 11.6 Å². The number of rotatable bonds is 7. The Morgan fingerprint density at radius 2 is 1.13 bits per heavy atom. The molecule has 0 atom stereocenters. The lowest BCUT2D eigenvalue weighted by Gasteiger charge is -2.19. The minimum atomic E-state index is -0.328. The molecule has 3 aromatic carbocycles. The molecular weight excluding hydrogens is 376 g/mol. The van der Waals surface area contributed by atoms with Crippen molar-refractivity contribution in [3.63, 3.8) is 0 Å². The van der Waals surface area contributed by atoms with Crippen LogP contribution >= 0.6 is 0 Å². The van der Waals surface area contributed by atoms with Gasteiger partial charge in [0.15, 0.2) is 0 Å². The minimum Gasteiger partial charge on any atom is -0.491 e. The van der Waals surface area contributed by atoms with Gasteiger partial charge in [-0.1, -0.05) is 48.5 Å². The van der Waals surface area contributed by atoms with E-state index < -0.39 is 0 Å². The fourth-order valence-corrected chi connectivity index (χ4v) is 3.02. The van der Waals surface area contributed by atoms with Gasteiger partial charge in [-0.05, 0) is 67.3 Å². The highest BCUT2D eigenvalue weighted by atomic mass is 16.5. The Labute approximate surface area is 178 Å². The predicted octanol–water partition coefficient (Wildman–Crippen LogP) is 6.00. The zero-order valence-corrected chi connectivity index (χ0v) is 18.0. The Bertz CT molecular complexity index is 950. The molecule has 0 N–H and O–H groups in total. The van der Waals surface area contributed by atoms with Crippen LogP contribution in [0.4, 0.5) is 0 Å². The van der Waals surface area contributed by atoms with Crippen LogP contribution in [0.25, 0.3) is 22.3 Å². The summed E-state index contributed by atoms with van der Waals surface area (Å²) >= 11 is 0. The highest BCUT2D eigenvalue weighted by Gasteiger charge is 2.09. The number of hydrogen-bond donors (Lipinski definition) is 0. The van der Waals surface area contributed by atoms with Gasteiger partial charge in [0.05, 0.1) is 24.9 Å². The highest BCUT2D eigenvalue weighted by Crippen LogP contribution is 2.26. The number of ether oxygens (including phenoxy) is 3. The van der Waals surface area contributed by atoms with Crippen LogP contribution in [0.3, 0.4) is 0 Å². The Kier molecular flexibility index (Phi) is 6.91. The van der Waals surface area contributed by atoms with E-state index in [1.807, 2.05) is 45.0 Å². The van der Waals surface area contributed by atoms with E-state index in [9.17, 15) is 4.79 Å². The van der Waals surface area contributed by atoms with Crippen molar-refractivity contribution < 1.29 is 19.0 Å². The summed E-state index contributed by atoms with van der Waals surface area (Å²) in [7, 11) is 1.38. The molecule has 0 radical (unpaired) electrons. The van der Waals surface area contributed by atoms with E-state index in [0.29, 0.717) is 18.8 Å². The predicted molar refractivity (Wildman–Crippen MR) is 120 cm³/mol. The zero-order chi connectivity index (χ0) is 21.6. The molecule has 0 aliphatic rings. The monoisotopic (exact) mass is 404 g/mol. The molecule has 0 saturated heterocycles. The first-order valence-electron chi connectivity index (χ1n) is 10.0. The largest absolute Gasteiger partial charge is 0.491 e. The van der Waals surface area contributed by atoms with E-state index in [0.717, 1.165) is 28.0 Å². The molecule has 156 valence electrons. The Morgan fingerprint density at radius 3 is 1.57 bits per heavy atom. The maximum absolute atomic E-state index is 11.6. The van der Waals surface area contributed by atoms with Crippen LogP contribution in [0.1, 0.15) is 31.1 Å². The number of esters is 1. The first-order valence-corrected chi connectivity index (χ1v) is 10.0. The smallest absolute Gasteiger partial charge is 0.337 e. The lowest BCUT2D eigenvalue weighted by Crippen LogP contribution is -2.22. The van der Waals surface area contributed by atoms with Crippen LogP contribution in [0.15, 0.2) is 72.8 Å². The van der Waals surface area contributed by atoms with Gasteiger partial charge in [0.2, 0.25) is 0 Å². The van der Waals surface area contributed by atoms with Gasteiger partial charge in [0.25, 0.3) is 0 Å². The molecule has 4 nitrogen and oxygen atoms in total. The second-order valence-corrected chi connectivity index (χ2v) is 7.98. The maximum Gasteiger partial charge on any atom is 0.337 e. The second kappa shape index (κ2) is 9.59. The number of benzene rings is 3. The van der Waals surface area contributed by atoms with Gasteiger partial charge in [-0.15, -0.1) is 0 Å². The van der Waals surface area contributed by atoms with Gasteiger partial charge in [0, 0.05) is 0 Å². The first kappa shape index (κ1) is 21.6. The van der Waals surface area contributed by atoms with Crippen molar-refractivity contribution in [2.24, 2.45) is 0 Å². The number of carbonyl (C=O) groups is 1. The molecule has 0 aromatic heterocycles. The molecule has 0 amide bonds. The van der Waals surface area contributed by atoms with Crippen molar-refractivity contribution >= 4 is 5.97 Å². The summed E-state index contributed by atoms with van der Waals surface area (Å²) in [5.74, 6) is 0.504. The summed E-state index contributed by atoms with van der Waals surface area (Å²) in [6.45, 7) is 7.19. The van der Waals surface area contributed by atoms with Gasteiger partial charge in [-0.2, -0.15) is 0 Å². The van der Waals surface area contributed by atoms with Gasteiger partial charge in [0.1, 0.15) is 12.4 Å². The molecule has 0 saturated carbocycles. The van der Waals surface area contributed by atoms with Crippen molar-refractivity contribution in [2.75, 3.05) is 20.3 Å². The lowest BCUT2D eigenvalue weighted by molar-refractivity contribution is -0.0163. The summed E-state index contributed by atoms with van der Waals surface area (Å²) in [6.07, 6.45) is 0. The molecule has 0 spiro atoms. The highest BCUT2D eigenvalue weighted by molar-refractivity contribution is 5.90. The van der Waals surface area contributed by atoms with E-state index in [1.165, 1.54) is 7.11 Å². The third kappa shape index (κ3) is 5.94. The summed E-state index contributed by atoms with van der Waals surface area (Å²) in [4.78, 5) is 11.6. The molecule has 3 aromatic rings. The van der Waals surface area contributed by atoms with E-state index >= 15 is 0 Å². The molecule has 4 heteroatoms. The molecule has 0 unspecified atom stereocenters. The summed E-state index contributed by atoms with van der Waals surface area (Å²) in [5, 5.41) is 0. The topological polar surface area (TPSA) is 44.8 Å². The van der Waals surface area contributed by atoms with Crippen molar-refractivity contribution in [1.82, 2.24) is 0 Å². The van der Waals surface area contributed by atoms with Crippen LogP contribution in [0.2, 0.25) is 0 Å². The molecule has 0 aliphatic heterocycles. The normalized spacial score (nSPS) is 11.2. The number of carbonyl (C=O) groups excluding carboxylic acids is 1. The second-order valence-electron chi connectivity index (χ2n) is 7.98. The van der Waals surface area contributed by atoms with Crippen molar-refractivity contribution in [3.05, 3.63) is 78.4 Å². The molecule has 0 aliphatic carbocycles. The van der Waals surface area contributed by atoms with Crippen LogP contribution in [0.5, 0.6) is 5.75 Å². The van der Waals surface area contributed by atoms with Crippen LogP contribution < -0.4 is 4.74 Å². The zero-order valence-electron chi connectivity index (χ0n) is 18.0. The number of methoxy groups -OCH3 is 1. The fourth-order valence-electron chi connectivity index (χ4n) is 3.02. The average molecular weight is 405 g/mol. The maximum atomic E-state index is 11.6. The molecule has 30 heavy (non-hydrogen) atoms. The molecule has 0 bridgehead atoms. The molecular formula is C26H28O4. The van der Waals surface area contributed by atoms with Gasteiger partial charge in [-0.25, -0.2) is 4.79 Å². The van der Waals surface area contributed by atoms with Gasteiger partial charge < -0.3 is 14.2 Å². The van der Waals surface area contributed by atoms with E-state index in [4.69, 9.17) is 14.2 Å². The average Bonchev–Trinajstić information content (AvgIpc) is 2.76. The third-order valence-corrected chi connectivity index (χ3v) is 4.60. The van der Waals surface area contributed by atoms with Crippen molar-refractivity contribution in [2.45, 2.75) is 26.4 Å². The third-order valence-electron chi connectivity index (χ3n) is 4.60. The standard InChI is InChI=1S/C26H28O4/c1-26(2,3)30-18-17-29-24-15-13-22(14-16-24)20-7-5-19(6-8-20)21-9-11-23(12-10-21)25(27)28-4/h5-16H,17-18H2,1-4H3. The summed E-state index contributed by atoms with van der Waals surface area (Å²) < 4.78 is 16.2. The van der Waals surface area contributed by atoms with E-state index in [1.54, 1.807) is 12.1 Å². The summed E-state index contributed by atoms with van der Waals surface area (Å²) in [6, 6.07) is 23.8. The van der Waals surface area contributed by atoms with Crippen molar-refractivity contribution in [3.8, 4) is 28.0 Å². The lowest BCUT2D eigenvalue weighted by atomic mass is 9.99. The summed E-state index contributed by atoms with van der Waals surface area (Å²) in [5.41, 5.74) is 4.80. The molecule has 0 heterocycles. The SMILES string of the molecule is COC(=O)c1ccc(-c2ccc(-c3ccc(OCCOC(C)(C)C)cc3)cc2)cc1. The van der Waals surface area contributed by atoms with Crippen LogP contribution in [-0.2, 0) is 9.47 Å². The van der Waals surface area contributed by atoms with E-state index in [2.05, 4.69) is 36.4 Å². The Balaban J connectivity index is 1.61. The molecule has 3 rings (SSSR count).